The van der Waals surface area contributed by atoms with Crippen LogP contribution in [0.2, 0.25) is 0 Å². The average Bonchev–Trinajstić information content (AvgIpc) is 1.90. The van der Waals surface area contributed by atoms with Gasteiger partial charge in [0.2, 0.25) is 6.29 Å². The molecule has 0 spiro atoms. The van der Waals surface area contributed by atoms with Crippen LogP contribution in [-0.2, 0) is 9.53 Å². The highest BCUT2D eigenvalue weighted by Crippen LogP contribution is 1.98. The molecule has 0 heterocycles. The van der Waals surface area contributed by atoms with Crippen LogP contribution in [0.5, 0.6) is 0 Å². The summed E-state index contributed by atoms with van der Waals surface area (Å²) < 4.78 is 5.18. The second-order valence-corrected chi connectivity index (χ2v) is 2.74. The molecule has 0 bridgehead atoms. The van der Waals surface area contributed by atoms with Gasteiger partial charge in [0.05, 0.1) is 0 Å². The van der Waals surface area contributed by atoms with E-state index in [4.69, 9.17) is 4.74 Å². The zero-order chi connectivity index (χ0) is 7.98. The Hall–Kier alpha value is -0.370. The van der Waals surface area contributed by atoms with Gasteiger partial charge in [-0.25, -0.2) is 0 Å². The van der Waals surface area contributed by atoms with Gasteiger partial charge < -0.3 is 4.74 Å². The van der Waals surface area contributed by atoms with Crippen molar-refractivity contribution in [3.8, 4) is 0 Å². The minimum atomic E-state index is -0.317. The zero-order valence-electron chi connectivity index (χ0n) is 6.89. The molecule has 0 fully saturated rings. The fourth-order valence-electron chi connectivity index (χ4n) is 0.544. The summed E-state index contributed by atoms with van der Waals surface area (Å²) in [5, 5.41) is 0. The van der Waals surface area contributed by atoms with E-state index < -0.39 is 0 Å². The summed E-state index contributed by atoms with van der Waals surface area (Å²) in [4.78, 5) is 10.1. The molecule has 0 N–H and O–H groups in total. The van der Waals surface area contributed by atoms with Crippen LogP contribution in [0, 0.1) is 5.92 Å². The van der Waals surface area contributed by atoms with Gasteiger partial charge in [0, 0.05) is 6.61 Å². The summed E-state index contributed by atoms with van der Waals surface area (Å²) in [6.07, 6.45) is 2.24. The van der Waals surface area contributed by atoms with Crippen LogP contribution in [0.1, 0.15) is 27.2 Å². The Kier molecular flexibility index (Phi) is 5.22. The highest BCUT2D eigenvalue weighted by atomic mass is 16.5. The smallest absolute Gasteiger partial charge is 0.229 e. The first-order chi connectivity index (χ1) is 4.70. The van der Waals surface area contributed by atoms with E-state index in [-0.39, 0.29) is 6.10 Å². The summed E-state index contributed by atoms with van der Waals surface area (Å²) in [6, 6.07) is 0. The van der Waals surface area contributed by atoms with E-state index in [0.717, 1.165) is 6.42 Å². The van der Waals surface area contributed by atoms with Crippen molar-refractivity contribution < 1.29 is 9.53 Å². The third kappa shape index (κ3) is 4.50. The van der Waals surface area contributed by atoms with E-state index in [1.54, 1.807) is 0 Å². The molecule has 0 aliphatic rings. The Balaban J connectivity index is 3.34. The van der Waals surface area contributed by atoms with E-state index in [9.17, 15) is 4.79 Å². The third-order valence-electron chi connectivity index (χ3n) is 1.13. The van der Waals surface area contributed by atoms with E-state index in [1.807, 2.05) is 13.2 Å². The van der Waals surface area contributed by atoms with Crippen molar-refractivity contribution in [2.24, 2.45) is 5.92 Å². The Morgan fingerprint density at radius 1 is 1.50 bits per heavy atom. The fraction of sp³-hybridized carbons (Fsp3) is 0.875. The predicted octanol–water partition coefficient (Wildman–Crippen LogP) is 1.55. The van der Waals surface area contributed by atoms with E-state index in [2.05, 4.69) is 13.8 Å². The van der Waals surface area contributed by atoms with Crippen molar-refractivity contribution in [1.29, 1.82) is 0 Å². The van der Waals surface area contributed by atoms with Crippen LogP contribution in [0.4, 0.5) is 0 Å². The van der Waals surface area contributed by atoms with Gasteiger partial charge in [0.1, 0.15) is 6.10 Å². The number of ether oxygens (including phenoxy) is 1. The molecule has 1 atom stereocenters. The van der Waals surface area contributed by atoms with Crippen LogP contribution in [0.3, 0.4) is 0 Å². The minimum absolute atomic E-state index is 0.317. The largest absolute Gasteiger partial charge is 0.370 e. The average molecular weight is 143 g/mol. The van der Waals surface area contributed by atoms with Gasteiger partial charge in [-0.05, 0) is 12.3 Å². The van der Waals surface area contributed by atoms with Crippen LogP contribution in [0.25, 0.3) is 0 Å². The lowest BCUT2D eigenvalue weighted by molar-refractivity contribution is 0.0728. The fourth-order valence-corrected chi connectivity index (χ4v) is 0.544. The molecular formula is C8H15O2. The maximum Gasteiger partial charge on any atom is 0.229 e. The Labute approximate surface area is 62.6 Å². The van der Waals surface area contributed by atoms with Crippen molar-refractivity contribution >= 4 is 6.29 Å². The summed E-state index contributed by atoms with van der Waals surface area (Å²) in [7, 11) is 0. The highest BCUT2D eigenvalue weighted by Gasteiger charge is 2.05. The normalized spacial score (nSPS) is 13.6. The number of rotatable bonds is 5. The van der Waals surface area contributed by atoms with Crippen molar-refractivity contribution in [2.75, 3.05) is 6.61 Å². The highest BCUT2D eigenvalue weighted by molar-refractivity contribution is 5.56. The first-order valence-electron chi connectivity index (χ1n) is 3.70. The molecule has 0 aliphatic carbocycles. The molecular weight excluding hydrogens is 128 g/mol. The first kappa shape index (κ1) is 9.63. The second kappa shape index (κ2) is 5.42. The van der Waals surface area contributed by atoms with Gasteiger partial charge in [0.15, 0.2) is 0 Å². The van der Waals surface area contributed by atoms with E-state index in [1.165, 1.54) is 0 Å². The van der Waals surface area contributed by atoms with E-state index >= 15 is 0 Å². The van der Waals surface area contributed by atoms with E-state index in [0.29, 0.717) is 12.5 Å². The first-order valence-corrected chi connectivity index (χ1v) is 3.70. The molecule has 0 aromatic carbocycles. The predicted molar refractivity (Wildman–Crippen MR) is 40.6 cm³/mol. The van der Waals surface area contributed by atoms with Gasteiger partial charge in [-0.15, -0.1) is 0 Å². The van der Waals surface area contributed by atoms with Crippen LogP contribution >= 0.6 is 0 Å². The Morgan fingerprint density at radius 2 is 2.10 bits per heavy atom. The van der Waals surface area contributed by atoms with Crippen molar-refractivity contribution in [2.45, 2.75) is 33.3 Å². The number of hydrogen-bond donors (Lipinski definition) is 0. The topological polar surface area (TPSA) is 26.3 Å². The molecule has 0 amide bonds. The molecule has 0 saturated heterocycles. The summed E-state index contributed by atoms with van der Waals surface area (Å²) in [5.41, 5.74) is 0. The maximum atomic E-state index is 10.1. The monoisotopic (exact) mass is 143 g/mol. The van der Waals surface area contributed by atoms with Crippen LogP contribution < -0.4 is 0 Å². The summed E-state index contributed by atoms with van der Waals surface area (Å²) in [6.45, 7) is 6.67. The molecule has 1 unspecified atom stereocenters. The van der Waals surface area contributed by atoms with Gasteiger partial charge in [-0.1, -0.05) is 20.8 Å². The SMILES string of the molecule is CCC([C]=O)OCC(C)C. The summed E-state index contributed by atoms with van der Waals surface area (Å²) in [5.74, 6) is 0.488. The van der Waals surface area contributed by atoms with Crippen molar-refractivity contribution in [1.82, 2.24) is 0 Å². The Bertz CT molecular complexity index is 89.3. The third-order valence-corrected chi connectivity index (χ3v) is 1.13. The standard InChI is InChI=1S/C8H15O2/c1-4-8(5-9)10-6-7(2)3/h7-8H,4,6H2,1-3H3. The molecule has 0 aliphatic heterocycles. The molecule has 2 heteroatoms. The number of hydrogen-bond acceptors (Lipinski definition) is 2. The lowest BCUT2D eigenvalue weighted by Crippen LogP contribution is -2.16. The Morgan fingerprint density at radius 3 is 2.40 bits per heavy atom. The lowest BCUT2D eigenvalue weighted by Gasteiger charge is -2.09. The van der Waals surface area contributed by atoms with Gasteiger partial charge in [-0.3, -0.25) is 4.79 Å². The molecule has 1 radical (unpaired) electrons. The van der Waals surface area contributed by atoms with Crippen LogP contribution in [0.15, 0.2) is 0 Å². The van der Waals surface area contributed by atoms with Gasteiger partial charge in [-0.2, -0.15) is 0 Å². The molecule has 0 aromatic heterocycles. The van der Waals surface area contributed by atoms with Gasteiger partial charge >= 0.3 is 0 Å². The van der Waals surface area contributed by atoms with Crippen molar-refractivity contribution in [3.63, 3.8) is 0 Å². The zero-order valence-corrected chi connectivity index (χ0v) is 6.89. The molecule has 0 saturated carbocycles. The number of carbonyl (C=O) groups excluding carboxylic acids is 1. The van der Waals surface area contributed by atoms with Crippen molar-refractivity contribution in [3.05, 3.63) is 0 Å². The molecule has 0 rings (SSSR count). The molecule has 10 heavy (non-hydrogen) atoms. The maximum absolute atomic E-state index is 10.1. The second-order valence-electron chi connectivity index (χ2n) is 2.74. The molecule has 0 aromatic rings. The summed E-state index contributed by atoms with van der Waals surface area (Å²) >= 11 is 0. The minimum Gasteiger partial charge on any atom is -0.370 e. The molecule has 59 valence electrons. The molecule has 2 nitrogen and oxygen atoms in total. The van der Waals surface area contributed by atoms with Gasteiger partial charge in [0.25, 0.3) is 0 Å². The lowest BCUT2D eigenvalue weighted by atomic mass is 10.2. The van der Waals surface area contributed by atoms with Crippen LogP contribution in [-0.4, -0.2) is 19.0 Å². The quantitative estimate of drug-likeness (QED) is 0.583.